The number of hydrogen-bond donors (Lipinski definition) is 0. The van der Waals surface area contributed by atoms with Crippen LogP contribution < -0.4 is 14.4 Å². The first-order valence-electron chi connectivity index (χ1n) is 9.82. The summed E-state index contributed by atoms with van der Waals surface area (Å²) in [5.74, 6) is 1.77. The van der Waals surface area contributed by atoms with Gasteiger partial charge in [-0.3, -0.25) is 0 Å². The second-order valence-electron chi connectivity index (χ2n) is 7.58. The van der Waals surface area contributed by atoms with Crippen LogP contribution in [0, 0.1) is 0 Å². The van der Waals surface area contributed by atoms with Gasteiger partial charge in [0.25, 0.3) is 0 Å². The molecule has 1 saturated heterocycles. The van der Waals surface area contributed by atoms with Crippen molar-refractivity contribution in [3.8, 4) is 11.5 Å². The van der Waals surface area contributed by atoms with Crippen molar-refractivity contribution in [1.29, 1.82) is 0 Å². The number of anilines is 1. The van der Waals surface area contributed by atoms with E-state index in [-0.39, 0.29) is 0 Å². The number of likely N-dealkylation sites (tertiary alicyclic amines) is 1. The fourth-order valence-corrected chi connectivity index (χ4v) is 4.58. The van der Waals surface area contributed by atoms with Gasteiger partial charge < -0.3 is 19.3 Å². The van der Waals surface area contributed by atoms with Gasteiger partial charge in [-0.25, -0.2) is 0 Å². The summed E-state index contributed by atoms with van der Waals surface area (Å²) in [5, 5.41) is 0. The molecule has 2 aromatic rings. The summed E-state index contributed by atoms with van der Waals surface area (Å²) in [6, 6.07) is 16.0. The van der Waals surface area contributed by atoms with Gasteiger partial charge in [0.05, 0.1) is 0 Å². The maximum atomic E-state index is 5.49. The summed E-state index contributed by atoms with van der Waals surface area (Å²) < 4.78 is 10.9. The Morgan fingerprint density at radius 2 is 1.77 bits per heavy atom. The van der Waals surface area contributed by atoms with Crippen molar-refractivity contribution in [3.63, 3.8) is 0 Å². The van der Waals surface area contributed by atoms with Crippen molar-refractivity contribution in [2.45, 2.75) is 31.7 Å². The number of benzene rings is 2. The minimum Gasteiger partial charge on any atom is -0.454 e. The summed E-state index contributed by atoms with van der Waals surface area (Å²) in [4.78, 5) is 5.27. The van der Waals surface area contributed by atoms with Gasteiger partial charge in [0.15, 0.2) is 11.5 Å². The highest BCUT2D eigenvalue weighted by Gasteiger charge is 2.28. The maximum absolute atomic E-state index is 5.49. The van der Waals surface area contributed by atoms with E-state index in [2.05, 4.69) is 46.2 Å². The second-order valence-corrected chi connectivity index (χ2v) is 7.58. The number of ether oxygens (including phenoxy) is 2. The molecule has 3 heterocycles. The fourth-order valence-electron chi connectivity index (χ4n) is 4.58. The lowest BCUT2D eigenvalue weighted by Crippen LogP contribution is -2.44. The molecule has 3 aliphatic rings. The first-order valence-corrected chi connectivity index (χ1v) is 9.82. The van der Waals surface area contributed by atoms with Crippen LogP contribution in [0.1, 0.15) is 24.0 Å². The molecular formula is C22H26N2O2. The number of fused-ring (bicyclic) bond motifs is 2. The Balaban J connectivity index is 1.14. The van der Waals surface area contributed by atoms with E-state index in [1.165, 1.54) is 55.7 Å². The minimum absolute atomic E-state index is 0.353. The van der Waals surface area contributed by atoms with E-state index in [9.17, 15) is 0 Å². The summed E-state index contributed by atoms with van der Waals surface area (Å²) in [5.41, 5.74) is 4.34. The zero-order chi connectivity index (χ0) is 17.3. The van der Waals surface area contributed by atoms with E-state index in [0.29, 0.717) is 12.8 Å². The van der Waals surface area contributed by atoms with Crippen molar-refractivity contribution in [1.82, 2.24) is 4.90 Å². The van der Waals surface area contributed by atoms with Gasteiger partial charge in [-0.05, 0) is 55.0 Å². The van der Waals surface area contributed by atoms with E-state index < -0.39 is 0 Å². The van der Waals surface area contributed by atoms with Crippen LogP contribution in [0.3, 0.4) is 0 Å². The van der Waals surface area contributed by atoms with Crippen molar-refractivity contribution in [3.05, 3.63) is 53.6 Å². The lowest BCUT2D eigenvalue weighted by atomic mass is 10.0. The van der Waals surface area contributed by atoms with Crippen molar-refractivity contribution in [2.75, 3.05) is 37.9 Å². The van der Waals surface area contributed by atoms with E-state index in [1.54, 1.807) is 0 Å². The van der Waals surface area contributed by atoms with Gasteiger partial charge in [-0.1, -0.05) is 24.3 Å². The zero-order valence-electron chi connectivity index (χ0n) is 15.2. The average Bonchev–Trinajstić information content (AvgIpc) is 3.33. The van der Waals surface area contributed by atoms with Crippen LogP contribution in [0.2, 0.25) is 0 Å². The molecule has 4 nitrogen and oxygen atoms in total. The third-order valence-electron chi connectivity index (χ3n) is 6.07. The number of para-hydroxylation sites is 1. The molecule has 2 aromatic carbocycles. The third-order valence-corrected chi connectivity index (χ3v) is 6.07. The largest absolute Gasteiger partial charge is 0.454 e. The van der Waals surface area contributed by atoms with Gasteiger partial charge in [-0.15, -0.1) is 0 Å². The summed E-state index contributed by atoms with van der Waals surface area (Å²) in [7, 11) is 0. The molecule has 0 radical (unpaired) electrons. The highest BCUT2D eigenvalue weighted by atomic mass is 16.7. The van der Waals surface area contributed by atoms with Gasteiger partial charge in [0.2, 0.25) is 6.79 Å². The molecule has 4 heteroatoms. The Kier molecular flexibility index (Phi) is 4.21. The molecule has 0 atom stereocenters. The highest BCUT2D eigenvalue weighted by Crippen LogP contribution is 2.34. The molecule has 5 rings (SSSR count). The van der Waals surface area contributed by atoms with Crippen LogP contribution >= 0.6 is 0 Å². The molecule has 3 aliphatic heterocycles. The van der Waals surface area contributed by atoms with Crippen LogP contribution in [0.15, 0.2) is 42.5 Å². The van der Waals surface area contributed by atoms with Crippen LogP contribution in [-0.2, 0) is 12.8 Å². The van der Waals surface area contributed by atoms with Gasteiger partial charge in [0.1, 0.15) is 0 Å². The smallest absolute Gasteiger partial charge is 0.231 e. The molecule has 0 spiro atoms. The topological polar surface area (TPSA) is 24.9 Å². The number of hydrogen-bond acceptors (Lipinski definition) is 4. The van der Waals surface area contributed by atoms with E-state index in [0.717, 1.165) is 24.5 Å². The number of piperidine rings is 1. The molecule has 0 N–H and O–H groups in total. The molecule has 0 aliphatic carbocycles. The lowest BCUT2D eigenvalue weighted by Gasteiger charge is -2.38. The Morgan fingerprint density at radius 1 is 0.923 bits per heavy atom. The van der Waals surface area contributed by atoms with Gasteiger partial charge in [0, 0.05) is 37.9 Å². The van der Waals surface area contributed by atoms with E-state index in [4.69, 9.17) is 9.47 Å². The van der Waals surface area contributed by atoms with Crippen LogP contribution in [0.25, 0.3) is 0 Å². The van der Waals surface area contributed by atoms with E-state index >= 15 is 0 Å². The molecule has 0 amide bonds. The van der Waals surface area contributed by atoms with E-state index in [1.807, 2.05) is 6.07 Å². The molecule has 1 fully saturated rings. The molecule has 0 bridgehead atoms. The predicted octanol–water partition coefficient (Wildman–Crippen LogP) is 3.48. The maximum Gasteiger partial charge on any atom is 0.231 e. The first kappa shape index (κ1) is 16.0. The number of nitrogens with zero attached hydrogens (tertiary/aromatic N) is 2. The lowest BCUT2D eigenvalue weighted by molar-refractivity contribution is 0.174. The van der Waals surface area contributed by atoms with Crippen molar-refractivity contribution in [2.24, 2.45) is 0 Å². The summed E-state index contributed by atoms with van der Waals surface area (Å²) in [6.07, 6.45) is 4.83. The molecule has 136 valence electrons. The van der Waals surface area contributed by atoms with Gasteiger partial charge >= 0.3 is 0 Å². The Morgan fingerprint density at radius 3 is 2.69 bits per heavy atom. The van der Waals surface area contributed by atoms with Crippen LogP contribution in [0.5, 0.6) is 11.5 Å². The summed E-state index contributed by atoms with van der Waals surface area (Å²) in [6.45, 7) is 5.08. The number of rotatable bonds is 4. The second kappa shape index (κ2) is 6.84. The minimum atomic E-state index is 0.353. The van der Waals surface area contributed by atoms with Crippen molar-refractivity contribution >= 4 is 5.69 Å². The fraction of sp³-hybridized carbons (Fsp3) is 0.455. The SMILES string of the molecule is c1ccc2c(c1)CCN2C1CCN(CCc2ccc3c(c2)OCO3)CC1. The third kappa shape index (κ3) is 3.03. The quantitative estimate of drug-likeness (QED) is 0.843. The molecule has 26 heavy (non-hydrogen) atoms. The monoisotopic (exact) mass is 350 g/mol. The normalized spacial score (nSPS) is 19.8. The molecule has 0 aromatic heterocycles. The standard InChI is InChI=1S/C22H26N2O2/c1-2-4-20-18(3-1)8-14-24(20)19-9-12-23(13-10-19)11-7-17-5-6-21-22(15-17)26-16-25-21/h1-6,15,19H,7-14,16H2. The molecular weight excluding hydrogens is 324 g/mol. The van der Waals surface area contributed by atoms with Gasteiger partial charge in [-0.2, -0.15) is 0 Å². The molecule has 0 saturated carbocycles. The summed E-state index contributed by atoms with van der Waals surface area (Å²) >= 11 is 0. The molecule has 0 unspecified atom stereocenters. The average molecular weight is 350 g/mol. The first-order chi connectivity index (χ1) is 12.9. The van der Waals surface area contributed by atoms with Crippen LogP contribution in [0.4, 0.5) is 5.69 Å². The Bertz CT molecular complexity index is 783. The van der Waals surface area contributed by atoms with Crippen LogP contribution in [-0.4, -0.2) is 43.9 Å². The highest BCUT2D eigenvalue weighted by molar-refractivity contribution is 5.58. The van der Waals surface area contributed by atoms with Crippen molar-refractivity contribution < 1.29 is 9.47 Å². The zero-order valence-corrected chi connectivity index (χ0v) is 15.2. The predicted molar refractivity (Wildman–Crippen MR) is 103 cm³/mol. The Hall–Kier alpha value is -2.20. The Labute approximate surface area is 155 Å².